The molecule has 0 saturated carbocycles. The summed E-state index contributed by atoms with van der Waals surface area (Å²) in [4.78, 5) is 30.2. The molecule has 2 aromatic heterocycles. The standard InChI is InChI=1S/C14H17N5O3S/c15-13(21)10-3-8(5-17-10)11-7-23-14(18-11)19-12(20)4-9-6-22-2-1-16-9/h3,5,7,9,16-17H,1-2,4,6H2,(H2,15,21)(H,18,19,20). The summed E-state index contributed by atoms with van der Waals surface area (Å²) in [6.07, 6.45) is 1.99. The first-order valence-corrected chi connectivity index (χ1v) is 8.05. The van der Waals surface area contributed by atoms with Gasteiger partial charge in [-0.05, 0) is 6.07 Å². The smallest absolute Gasteiger partial charge is 0.265 e. The number of nitrogens with one attached hydrogen (secondary N) is 3. The van der Waals surface area contributed by atoms with Crippen molar-refractivity contribution in [2.45, 2.75) is 12.5 Å². The van der Waals surface area contributed by atoms with Gasteiger partial charge in [0, 0.05) is 36.1 Å². The molecule has 3 heterocycles. The molecule has 1 unspecified atom stereocenters. The SMILES string of the molecule is NC(=O)c1cc(-c2csc(NC(=O)CC3COCCN3)n2)c[nH]1. The first kappa shape index (κ1) is 15.7. The fourth-order valence-electron chi connectivity index (χ4n) is 2.29. The molecule has 23 heavy (non-hydrogen) atoms. The molecule has 1 aliphatic rings. The Morgan fingerprint density at radius 2 is 2.39 bits per heavy atom. The number of primary amides is 1. The summed E-state index contributed by atoms with van der Waals surface area (Å²) in [7, 11) is 0. The second-order valence-corrected chi connectivity index (χ2v) is 6.04. The van der Waals surface area contributed by atoms with Gasteiger partial charge >= 0.3 is 0 Å². The Bertz CT molecular complexity index is 705. The minimum absolute atomic E-state index is 0.0333. The third kappa shape index (κ3) is 3.95. The molecule has 0 aromatic carbocycles. The van der Waals surface area contributed by atoms with Crippen molar-refractivity contribution in [3.8, 4) is 11.3 Å². The van der Waals surface area contributed by atoms with Crippen molar-refractivity contribution < 1.29 is 14.3 Å². The van der Waals surface area contributed by atoms with Gasteiger partial charge in [-0.25, -0.2) is 4.98 Å². The first-order chi connectivity index (χ1) is 11.1. The molecule has 1 atom stereocenters. The van der Waals surface area contributed by atoms with Crippen molar-refractivity contribution >= 4 is 28.3 Å². The van der Waals surface area contributed by atoms with E-state index in [0.29, 0.717) is 36.2 Å². The molecule has 0 radical (unpaired) electrons. The number of hydrogen-bond donors (Lipinski definition) is 4. The lowest BCUT2D eigenvalue weighted by Gasteiger charge is -2.22. The Kier molecular flexibility index (Phi) is 4.70. The van der Waals surface area contributed by atoms with Gasteiger partial charge in [-0.3, -0.25) is 9.59 Å². The Morgan fingerprint density at radius 1 is 1.52 bits per heavy atom. The van der Waals surface area contributed by atoms with E-state index >= 15 is 0 Å². The van der Waals surface area contributed by atoms with Gasteiger partial charge in [-0.1, -0.05) is 0 Å². The molecule has 0 spiro atoms. The van der Waals surface area contributed by atoms with Crippen LogP contribution in [0.1, 0.15) is 16.9 Å². The van der Waals surface area contributed by atoms with Crippen LogP contribution in [0.4, 0.5) is 5.13 Å². The van der Waals surface area contributed by atoms with Crippen LogP contribution in [0.25, 0.3) is 11.3 Å². The Balaban J connectivity index is 1.60. The third-order valence-electron chi connectivity index (χ3n) is 3.43. The highest BCUT2D eigenvalue weighted by molar-refractivity contribution is 7.14. The number of carbonyl (C=O) groups excluding carboxylic acids is 2. The summed E-state index contributed by atoms with van der Waals surface area (Å²) in [5.74, 6) is -0.636. The normalized spacial score (nSPS) is 17.8. The van der Waals surface area contributed by atoms with E-state index in [0.717, 1.165) is 12.1 Å². The number of nitrogens with two attached hydrogens (primary N) is 1. The van der Waals surface area contributed by atoms with Crippen LogP contribution in [0.5, 0.6) is 0 Å². The van der Waals surface area contributed by atoms with Crippen LogP contribution in [0.3, 0.4) is 0 Å². The number of aromatic amines is 1. The molecule has 3 rings (SSSR count). The van der Waals surface area contributed by atoms with E-state index in [9.17, 15) is 9.59 Å². The molecule has 9 heteroatoms. The number of amides is 2. The number of ether oxygens (including phenoxy) is 1. The number of morpholine rings is 1. The Labute approximate surface area is 136 Å². The molecule has 1 aliphatic heterocycles. The molecule has 2 aromatic rings. The quantitative estimate of drug-likeness (QED) is 0.636. The fraction of sp³-hybridized carbons (Fsp3) is 0.357. The van der Waals surface area contributed by atoms with Crippen molar-refractivity contribution in [3.05, 3.63) is 23.3 Å². The molecule has 1 fully saturated rings. The van der Waals surface area contributed by atoms with Gasteiger partial charge in [0.2, 0.25) is 5.91 Å². The van der Waals surface area contributed by atoms with Gasteiger partial charge in [-0.15, -0.1) is 11.3 Å². The van der Waals surface area contributed by atoms with E-state index in [2.05, 4.69) is 20.6 Å². The van der Waals surface area contributed by atoms with Crippen molar-refractivity contribution in [1.29, 1.82) is 0 Å². The van der Waals surface area contributed by atoms with E-state index in [-0.39, 0.29) is 11.9 Å². The van der Waals surface area contributed by atoms with Crippen LogP contribution in [-0.4, -0.2) is 47.6 Å². The number of rotatable bonds is 5. The van der Waals surface area contributed by atoms with Gasteiger partial charge in [0.1, 0.15) is 5.69 Å². The van der Waals surface area contributed by atoms with Gasteiger partial charge < -0.3 is 26.1 Å². The highest BCUT2D eigenvalue weighted by Crippen LogP contribution is 2.25. The topological polar surface area (TPSA) is 122 Å². The predicted octanol–water partition coefficient (Wildman–Crippen LogP) is 0.554. The van der Waals surface area contributed by atoms with E-state index in [1.165, 1.54) is 11.3 Å². The zero-order chi connectivity index (χ0) is 16.2. The van der Waals surface area contributed by atoms with Crippen LogP contribution in [0, 0.1) is 0 Å². The largest absolute Gasteiger partial charge is 0.378 e. The van der Waals surface area contributed by atoms with Crippen molar-refractivity contribution in [1.82, 2.24) is 15.3 Å². The fourth-order valence-corrected chi connectivity index (χ4v) is 3.03. The number of nitrogens with zero attached hydrogens (tertiary/aromatic N) is 1. The molecule has 2 amide bonds. The van der Waals surface area contributed by atoms with Crippen molar-refractivity contribution in [3.63, 3.8) is 0 Å². The van der Waals surface area contributed by atoms with E-state index < -0.39 is 5.91 Å². The number of anilines is 1. The molecular weight excluding hydrogens is 318 g/mol. The third-order valence-corrected chi connectivity index (χ3v) is 4.18. The van der Waals surface area contributed by atoms with E-state index in [1.54, 1.807) is 12.3 Å². The predicted molar refractivity (Wildman–Crippen MR) is 86.3 cm³/mol. The van der Waals surface area contributed by atoms with Crippen LogP contribution in [-0.2, 0) is 9.53 Å². The van der Waals surface area contributed by atoms with Crippen molar-refractivity contribution in [2.75, 3.05) is 25.1 Å². The molecule has 5 N–H and O–H groups in total. The molecule has 122 valence electrons. The highest BCUT2D eigenvalue weighted by atomic mass is 32.1. The van der Waals surface area contributed by atoms with Gasteiger partial charge in [-0.2, -0.15) is 0 Å². The van der Waals surface area contributed by atoms with Gasteiger partial charge in [0.05, 0.1) is 18.9 Å². The van der Waals surface area contributed by atoms with Crippen LogP contribution < -0.4 is 16.4 Å². The number of thiazole rings is 1. The maximum atomic E-state index is 12.0. The lowest BCUT2D eigenvalue weighted by atomic mass is 10.2. The van der Waals surface area contributed by atoms with Crippen LogP contribution >= 0.6 is 11.3 Å². The number of aromatic nitrogens is 2. The lowest BCUT2D eigenvalue weighted by Crippen LogP contribution is -2.43. The summed E-state index contributed by atoms with van der Waals surface area (Å²) in [6.45, 7) is 1.97. The maximum absolute atomic E-state index is 12.0. The average molecular weight is 335 g/mol. The van der Waals surface area contributed by atoms with Crippen molar-refractivity contribution in [2.24, 2.45) is 5.73 Å². The Morgan fingerprint density at radius 3 is 3.09 bits per heavy atom. The molecule has 0 aliphatic carbocycles. The molecule has 0 bridgehead atoms. The Hall–Kier alpha value is -2.23. The molecule has 1 saturated heterocycles. The summed E-state index contributed by atoms with van der Waals surface area (Å²) in [5.41, 5.74) is 6.95. The summed E-state index contributed by atoms with van der Waals surface area (Å²) in [5, 5.41) is 8.34. The summed E-state index contributed by atoms with van der Waals surface area (Å²) < 4.78 is 5.32. The number of H-pyrrole nitrogens is 1. The van der Waals surface area contributed by atoms with Crippen LogP contribution in [0.2, 0.25) is 0 Å². The number of carbonyl (C=O) groups is 2. The van der Waals surface area contributed by atoms with Crippen LogP contribution in [0.15, 0.2) is 17.6 Å². The zero-order valence-corrected chi connectivity index (χ0v) is 13.1. The number of hydrogen-bond acceptors (Lipinski definition) is 6. The first-order valence-electron chi connectivity index (χ1n) is 7.17. The highest BCUT2D eigenvalue weighted by Gasteiger charge is 2.18. The van der Waals surface area contributed by atoms with E-state index in [1.807, 2.05) is 5.38 Å². The minimum Gasteiger partial charge on any atom is -0.378 e. The maximum Gasteiger partial charge on any atom is 0.265 e. The lowest BCUT2D eigenvalue weighted by molar-refractivity contribution is -0.117. The second kappa shape index (κ2) is 6.90. The van der Waals surface area contributed by atoms with Gasteiger partial charge in [0.15, 0.2) is 5.13 Å². The monoisotopic (exact) mass is 335 g/mol. The second-order valence-electron chi connectivity index (χ2n) is 5.18. The summed E-state index contributed by atoms with van der Waals surface area (Å²) in [6, 6.07) is 1.66. The molecule has 8 nitrogen and oxygen atoms in total. The summed E-state index contributed by atoms with van der Waals surface area (Å²) >= 11 is 1.33. The molecular formula is C14H17N5O3S. The van der Waals surface area contributed by atoms with Gasteiger partial charge in [0.25, 0.3) is 5.91 Å². The zero-order valence-electron chi connectivity index (χ0n) is 12.3. The average Bonchev–Trinajstić information content (AvgIpc) is 3.16. The van der Waals surface area contributed by atoms with E-state index in [4.69, 9.17) is 10.5 Å². The minimum atomic E-state index is -0.526.